The smallest absolute Gasteiger partial charge is 0.328 e. The minimum absolute atomic E-state index is 0.0921. The molecule has 2 atom stereocenters. The van der Waals surface area contributed by atoms with E-state index in [-0.39, 0.29) is 23.0 Å². The summed E-state index contributed by atoms with van der Waals surface area (Å²) in [4.78, 5) is 39.4. The van der Waals surface area contributed by atoms with E-state index in [1.165, 1.54) is 19.2 Å². The minimum Gasteiger partial charge on any atom is -0.467 e. The highest BCUT2D eigenvalue weighted by molar-refractivity contribution is 6.07. The lowest BCUT2D eigenvalue weighted by atomic mass is 9.97. The monoisotopic (exact) mass is 344 g/mol. The van der Waals surface area contributed by atoms with Crippen LogP contribution in [-0.2, 0) is 16.0 Å². The van der Waals surface area contributed by atoms with Gasteiger partial charge in [-0.05, 0) is 35.6 Å². The van der Waals surface area contributed by atoms with Crippen molar-refractivity contribution in [1.82, 2.24) is 5.32 Å². The summed E-state index contributed by atoms with van der Waals surface area (Å²) in [6, 6.07) is 2.14. The van der Waals surface area contributed by atoms with Gasteiger partial charge in [0.15, 0.2) is 5.78 Å². The molecule has 8 heteroatoms. The first-order chi connectivity index (χ1) is 11.9. The lowest BCUT2D eigenvalue weighted by molar-refractivity contribution is -0.144. The third kappa shape index (κ3) is 3.80. The molecule has 0 unspecified atom stereocenters. The molecule has 0 radical (unpaired) electrons. The number of azide groups is 1. The topological polar surface area (TPSA) is 121 Å². The van der Waals surface area contributed by atoms with E-state index in [1.807, 2.05) is 13.8 Å². The molecule has 1 aromatic carbocycles. The highest BCUT2D eigenvalue weighted by atomic mass is 16.5. The van der Waals surface area contributed by atoms with Crippen LogP contribution in [0.15, 0.2) is 17.2 Å². The predicted molar refractivity (Wildman–Crippen MR) is 90.6 cm³/mol. The van der Waals surface area contributed by atoms with Crippen LogP contribution in [-0.4, -0.2) is 30.8 Å². The zero-order valence-corrected chi connectivity index (χ0v) is 14.4. The van der Waals surface area contributed by atoms with Gasteiger partial charge in [0.05, 0.1) is 7.11 Å². The van der Waals surface area contributed by atoms with Crippen molar-refractivity contribution in [3.63, 3.8) is 0 Å². The number of ether oxygens (including phenoxy) is 1. The van der Waals surface area contributed by atoms with E-state index in [2.05, 4.69) is 15.3 Å². The third-order valence-electron chi connectivity index (χ3n) is 4.50. The largest absolute Gasteiger partial charge is 0.467 e. The molecule has 0 heterocycles. The van der Waals surface area contributed by atoms with Crippen molar-refractivity contribution in [2.75, 3.05) is 7.11 Å². The maximum Gasteiger partial charge on any atom is 0.328 e. The molecule has 8 nitrogen and oxygen atoms in total. The zero-order valence-electron chi connectivity index (χ0n) is 14.4. The molecule has 0 saturated heterocycles. The first kappa shape index (κ1) is 18.5. The number of fused-ring (bicyclic) bond motifs is 1. The number of hydrogen-bond donors (Lipinski definition) is 1. The average Bonchev–Trinajstić information content (AvgIpc) is 2.99. The van der Waals surface area contributed by atoms with Crippen LogP contribution in [0.3, 0.4) is 0 Å². The molecule has 1 aromatic rings. The number of ketones is 1. The molecule has 1 N–H and O–H groups in total. The fourth-order valence-corrected chi connectivity index (χ4v) is 2.88. The van der Waals surface area contributed by atoms with Gasteiger partial charge in [-0.2, -0.15) is 0 Å². The average molecular weight is 344 g/mol. The first-order valence-electron chi connectivity index (χ1n) is 8.06. The van der Waals surface area contributed by atoms with Crippen molar-refractivity contribution in [3.05, 3.63) is 39.3 Å². The van der Waals surface area contributed by atoms with Crippen molar-refractivity contribution < 1.29 is 19.1 Å². The molecule has 0 bridgehead atoms. The lowest BCUT2D eigenvalue weighted by Gasteiger charge is -2.22. The molecular formula is C17H20N4O4. The summed E-state index contributed by atoms with van der Waals surface area (Å²) < 4.78 is 4.77. The highest BCUT2D eigenvalue weighted by Crippen LogP contribution is 2.30. The Bertz CT molecular complexity index is 768. The second-order valence-corrected chi connectivity index (χ2v) is 5.99. The Morgan fingerprint density at radius 3 is 2.72 bits per heavy atom. The maximum atomic E-state index is 12.8. The quantitative estimate of drug-likeness (QED) is 0.369. The Labute approximate surface area is 145 Å². The number of methoxy groups -OCH3 is 1. The lowest BCUT2D eigenvalue weighted by Crippen LogP contribution is -2.45. The van der Waals surface area contributed by atoms with Crippen LogP contribution in [0.1, 0.15) is 53.0 Å². The molecule has 0 saturated carbocycles. The third-order valence-corrected chi connectivity index (χ3v) is 4.50. The van der Waals surface area contributed by atoms with Crippen molar-refractivity contribution in [2.45, 2.75) is 39.2 Å². The summed E-state index contributed by atoms with van der Waals surface area (Å²) in [5, 5.41) is 6.19. The van der Waals surface area contributed by atoms with Gasteiger partial charge >= 0.3 is 5.97 Å². The second-order valence-electron chi connectivity index (χ2n) is 5.99. The number of amides is 1. The number of rotatable bonds is 6. The molecule has 0 aromatic heterocycles. The van der Waals surface area contributed by atoms with Gasteiger partial charge in [-0.25, -0.2) is 4.79 Å². The van der Waals surface area contributed by atoms with Gasteiger partial charge in [-0.1, -0.05) is 25.4 Å². The standard InChI is InChI=1S/C17H20N4O4/c1-4-9(2)15(17(24)25-3)19-16(23)13-8-10(20-21-18)7-12-11(13)5-6-14(12)22/h7-9,15H,4-6H2,1-3H3,(H,19,23)/t9-,15+/m0/s1. The highest BCUT2D eigenvalue weighted by Gasteiger charge is 2.30. The fraction of sp³-hybridized carbons (Fsp3) is 0.471. The van der Waals surface area contributed by atoms with E-state index in [0.29, 0.717) is 30.4 Å². The molecule has 1 aliphatic rings. The van der Waals surface area contributed by atoms with Crippen molar-refractivity contribution in [1.29, 1.82) is 0 Å². The number of carbonyl (C=O) groups excluding carboxylic acids is 3. The van der Waals surface area contributed by atoms with Gasteiger partial charge in [0, 0.05) is 28.1 Å². The van der Waals surface area contributed by atoms with E-state index in [9.17, 15) is 14.4 Å². The minimum atomic E-state index is -0.793. The molecule has 2 rings (SSSR count). The maximum absolute atomic E-state index is 12.8. The van der Waals surface area contributed by atoms with Crippen molar-refractivity contribution in [2.24, 2.45) is 11.0 Å². The number of Topliss-reactive ketones (excluding diaryl/α,β-unsaturated/α-hetero) is 1. The summed E-state index contributed by atoms with van der Waals surface area (Å²) in [6.45, 7) is 3.75. The van der Waals surface area contributed by atoms with Gasteiger partial charge in [-0.3, -0.25) is 9.59 Å². The SMILES string of the molecule is CC[C@H](C)[C@@H](NC(=O)c1cc(N=[N+]=[N-])cc2c1CCC2=O)C(=O)OC. The van der Waals surface area contributed by atoms with Crippen LogP contribution in [0.2, 0.25) is 0 Å². The van der Waals surface area contributed by atoms with E-state index < -0.39 is 17.9 Å². The predicted octanol–water partition coefficient (Wildman–Crippen LogP) is 3.07. The fourth-order valence-electron chi connectivity index (χ4n) is 2.88. The van der Waals surface area contributed by atoms with Crippen LogP contribution in [0.4, 0.5) is 5.69 Å². The van der Waals surface area contributed by atoms with E-state index >= 15 is 0 Å². The molecule has 132 valence electrons. The molecule has 1 amide bonds. The van der Waals surface area contributed by atoms with Crippen molar-refractivity contribution in [3.8, 4) is 0 Å². The van der Waals surface area contributed by atoms with Crippen LogP contribution < -0.4 is 5.32 Å². The summed E-state index contributed by atoms with van der Waals surface area (Å²) in [5.41, 5.74) is 10.1. The Balaban J connectivity index is 2.41. The normalized spacial score (nSPS) is 14.9. The van der Waals surface area contributed by atoms with Crippen LogP contribution in [0.25, 0.3) is 10.4 Å². The number of hydrogen-bond acceptors (Lipinski definition) is 5. The Kier molecular flexibility index (Phi) is 5.77. The Morgan fingerprint density at radius 2 is 2.12 bits per heavy atom. The second kappa shape index (κ2) is 7.81. The van der Waals surface area contributed by atoms with Crippen LogP contribution in [0, 0.1) is 5.92 Å². The van der Waals surface area contributed by atoms with Crippen LogP contribution >= 0.6 is 0 Å². The summed E-state index contributed by atoms with van der Waals surface area (Å²) >= 11 is 0. The van der Waals surface area contributed by atoms with E-state index in [4.69, 9.17) is 10.3 Å². The van der Waals surface area contributed by atoms with E-state index in [0.717, 1.165) is 0 Å². The molecule has 0 fully saturated rings. The molecule has 1 aliphatic carbocycles. The summed E-state index contributed by atoms with van der Waals surface area (Å²) in [6.07, 6.45) is 1.43. The number of nitrogens with one attached hydrogen (secondary N) is 1. The van der Waals surface area contributed by atoms with E-state index in [1.54, 1.807) is 0 Å². The Hall–Kier alpha value is -2.86. The zero-order chi connectivity index (χ0) is 18.6. The molecule has 0 spiro atoms. The number of esters is 1. The Morgan fingerprint density at radius 1 is 1.40 bits per heavy atom. The van der Waals surface area contributed by atoms with Gasteiger partial charge in [0.25, 0.3) is 5.91 Å². The molecular weight excluding hydrogens is 324 g/mol. The number of benzene rings is 1. The van der Waals surface area contributed by atoms with Gasteiger partial charge in [-0.15, -0.1) is 0 Å². The van der Waals surface area contributed by atoms with Crippen molar-refractivity contribution >= 4 is 23.3 Å². The first-order valence-corrected chi connectivity index (χ1v) is 8.06. The summed E-state index contributed by atoms with van der Waals surface area (Å²) in [7, 11) is 1.27. The number of carbonyl (C=O) groups is 3. The van der Waals surface area contributed by atoms with Crippen LogP contribution in [0.5, 0.6) is 0 Å². The molecule has 25 heavy (non-hydrogen) atoms. The van der Waals surface area contributed by atoms with Gasteiger partial charge in [0.2, 0.25) is 0 Å². The van der Waals surface area contributed by atoms with Gasteiger partial charge < -0.3 is 10.1 Å². The van der Waals surface area contributed by atoms with Gasteiger partial charge in [0.1, 0.15) is 6.04 Å². The summed E-state index contributed by atoms with van der Waals surface area (Å²) in [5.74, 6) is -1.23. The number of nitrogens with zero attached hydrogens (tertiary/aromatic N) is 3. The molecule has 0 aliphatic heterocycles.